The second kappa shape index (κ2) is 5.78. The SMILES string of the molecule is CCCCCCN1C(=O)C(=O)c2ccccc2C1=O. The van der Waals surface area contributed by atoms with Gasteiger partial charge >= 0.3 is 5.91 Å². The van der Waals surface area contributed by atoms with Crippen LogP contribution < -0.4 is 0 Å². The summed E-state index contributed by atoms with van der Waals surface area (Å²) in [6, 6.07) is 6.49. The Morgan fingerprint density at radius 2 is 1.58 bits per heavy atom. The number of hydrogen-bond donors (Lipinski definition) is 0. The van der Waals surface area contributed by atoms with Gasteiger partial charge in [-0.2, -0.15) is 0 Å². The van der Waals surface area contributed by atoms with E-state index in [9.17, 15) is 14.4 Å². The smallest absolute Gasteiger partial charge is 0.283 e. The quantitative estimate of drug-likeness (QED) is 0.463. The molecular formula is C15H17NO3. The van der Waals surface area contributed by atoms with E-state index >= 15 is 0 Å². The monoisotopic (exact) mass is 259 g/mol. The van der Waals surface area contributed by atoms with Gasteiger partial charge in [-0.15, -0.1) is 0 Å². The molecule has 0 fully saturated rings. The molecule has 19 heavy (non-hydrogen) atoms. The normalized spacial score (nSPS) is 14.8. The maximum Gasteiger partial charge on any atom is 0.301 e. The molecular weight excluding hydrogens is 242 g/mol. The van der Waals surface area contributed by atoms with Gasteiger partial charge in [-0.1, -0.05) is 44.4 Å². The number of fused-ring (bicyclic) bond motifs is 1. The van der Waals surface area contributed by atoms with Gasteiger partial charge in [0.25, 0.3) is 11.7 Å². The van der Waals surface area contributed by atoms with E-state index in [0.717, 1.165) is 30.6 Å². The Morgan fingerprint density at radius 3 is 2.26 bits per heavy atom. The number of benzene rings is 1. The van der Waals surface area contributed by atoms with E-state index in [-0.39, 0.29) is 11.5 Å². The Hall–Kier alpha value is -1.97. The molecule has 100 valence electrons. The molecule has 0 bridgehead atoms. The van der Waals surface area contributed by atoms with E-state index in [4.69, 9.17) is 0 Å². The summed E-state index contributed by atoms with van der Waals surface area (Å²) in [6.45, 7) is 2.43. The van der Waals surface area contributed by atoms with Crippen molar-refractivity contribution in [3.05, 3.63) is 35.4 Å². The molecule has 0 spiro atoms. The molecule has 1 aliphatic rings. The third-order valence-electron chi connectivity index (χ3n) is 3.32. The minimum atomic E-state index is -0.694. The van der Waals surface area contributed by atoms with Crippen LogP contribution in [0.25, 0.3) is 0 Å². The minimum Gasteiger partial charge on any atom is -0.283 e. The maximum absolute atomic E-state index is 12.2. The van der Waals surface area contributed by atoms with Crippen molar-refractivity contribution >= 4 is 17.6 Å². The van der Waals surface area contributed by atoms with Gasteiger partial charge in [-0.25, -0.2) is 0 Å². The highest BCUT2D eigenvalue weighted by Crippen LogP contribution is 2.20. The van der Waals surface area contributed by atoms with Crippen LogP contribution >= 0.6 is 0 Å². The van der Waals surface area contributed by atoms with Crippen LogP contribution in [-0.2, 0) is 4.79 Å². The number of Topliss-reactive ketones (excluding diaryl/α,β-unsaturated/α-hetero) is 1. The van der Waals surface area contributed by atoms with Crippen LogP contribution in [0.4, 0.5) is 0 Å². The first-order chi connectivity index (χ1) is 9.16. The minimum absolute atomic E-state index is 0.224. The summed E-state index contributed by atoms with van der Waals surface area (Å²) in [5.74, 6) is -1.62. The van der Waals surface area contributed by atoms with Gasteiger partial charge in [0.1, 0.15) is 0 Å². The third kappa shape index (κ3) is 2.57. The van der Waals surface area contributed by atoms with Crippen molar-refractivity contribution in [3.8, 4) is 0 Å². The summed E-state index contributed by atoms with van der Waals surface area (Å²) in [6.07, 6.45) is 3.87. The molecule has 1 aromatic carbocycles. The molecule has 0 aromatic heterocycles. The van der Waals surface area contributed by atoms with Gasteiger partial charge in [0.15, 0.2) is 0 Å². The Kier molecular flexibility index (Phi) is 4.10. The van der Waals surface area contributed by atoms with Crippen LogP contribution in [0.5, 0.6) is 0 Å². The molecule has 0 aliphatic carbocycles. The van der Waals surface area contributed by atoms with Gasteiger partial charge < -0.3 is 0 Å². The molecule has 2 rings (SSSR count). The Morgan fingerprint density at radius 1 is 0.895 bits per heavy atom. The lowest BCUT2D eigenvalue weighted by Crippen LogP contribution is -2.46. The number of unbranched alkanes of at least 4 members (excludes halogenated alkanes) is 3. The number of ketones is 1. The molecule has 4 nitrogen and oxygen atoms in total. The van der Waals surface area contributed by atoms with Crippen molar-refractivity contribution in [3.63, 3.8) is 0 Å². The number of carbonyl (C=O) groups excluding carboxylic acids is 3. The van der Waals surface area contributed by atoms with E-state index in [1.54, 1.807) is 18.2 Å². The van der Waals surface area contributed by atoms with E-state index in [1.165, 1.54) is 6.07 Å². The number of rotatable bonds is 5. The first kappa shape index (κ1) is 13.5. The zero-order valence-corrected chi connectivity index (χ0v) is 11.0. The summed E-state index contributed by atoms with van der Waals surface area (Å²) in [4.78, 5) is 37.1. The second-order valence-corrected chi connectivity index (χ2v) is 4.70. The first-order valence-electron chi connectivity index (χ1n) is 6.66. The van der Waals surface area contributed by atoms with Crippen molar-refractivity contribution in [2.75, 3.05) is 6.54 Å². The summed E-state index contributed by atoms with van der Waals surface area (Å²) < 4.78 is 0. The maximum atomic E-state index is 12.2. The average molecular weight is 259 g/mol. The van der Waals surface area contributed by atoms with Crippen LogP contribution in [0.2, 0.25) is 0 Å². The van der Waals surface area contributed by atoms with Crippen molar-refractivity contribution in [1.82, 2.24) is 4.90 Å². The molecule has 4 heteroatoms. The highest BCUT2D eigenvalue weighted by Gasteiger charge is 2.36. The zero-order valence-electron chi connectivity index (χ0n) is 11.0. The van der Waals surface area contributed by atoms with Crippen LogP contribution in [0.15, 0.2) is 24.3 Å². The second-order valence-electron chi connectivity index (χ2n) is 4.70. The van der Waals surface area contributed by atoms with E-state index < -0.39 is 11.7 Å². The van der Waals surface area contributed by atoms with Crippen molar-refractivity contribution < 1.29 is 14.4 Å². The summed E-state index contributed by atoms with van der Waals surface area (Å²) >= 11 is 0. The molecule has 1 aromatic rings. The van der Waals surface area contributed by atoms with Gasteiger partial charge in [0.2, 0.25) is 0 Å². The van der Waals surface area contributed by atoms with Gasteiger partial charge in [0, 0.05) is 12.1 Å². The standard InChI is InChI=1S/C15H17NO3/c1-2-3-4-7-10-16-14(18)12-9-6-5-8-11(12)13(17)15(16)19/h5-6,8-9H,2-4,7,10H2,1H3. The summed E-state index contributed by atoms with van der Waals surface area (Å²) in [7, 11) is 0. The molecule has 0 unspecified atom stereocenters. The Balaban J connectivity index is 2.17. The Bertz CT molecular complexity index is 522. The van der Waals surface area contributed by atoms with E-state index in [0.29, 0.717) is 12.1 Å². The summed E-state index contributed by atoms with van der Waals surface area (Å²) in [5, 5.41) is 0. The Labute approximate surface area is 112 Å². The molecule has 0 saturated carbocycles. The van der Waals surface area contributed by atoms with Crippen molar-refractivity contribution in [2.45, 2.75) is 32.6 Å². The van der Waals surface area contributed by atoms with Gasteiger partial charge in [0.05, 0.1) is 5.56 Å². The van der Waals surface area contributed by atoms with Crippen LogP contribution in [0, 0.1) is 0 Å². The topological polar surface area (TPSA) is 54.5 Å². The molecule has 0 atom stereocenters. The van der Waals surface area contributed by atoms with Crippen LogP contribution in [0.3, 0.4) is 0 Å². The molecule has 0 saturated heterocycles. The number of nitrogens with zero attached hydrogens (tertiary/aromatic N) is 1. The fourth-order valence-electron chi connectivity index (χ4n) is 2.24. The molecule has 1 heterocycles. The zero-order chi connectivity index (χ0) is 13.8. The van der Waals surface area contributed by atoms with Crippen molar-refractivity contribution in [2.24, 2.45) is 0 Å². The predicted octanol–water partition coefficient (Wildman–Crippen LogP) is 2.43. The predicted molar refractivity (Wildman–Crippen MR) is 71.0 cm³/mol. The van der Waals surface area contributed by atoms with Crippen LogP contribution in [-0.4, -0.2) is 29.0 Å². The summed E-state index contributed by atoms with van der Waals surface area (Å²) in [5.41, 5.74) is 0.560. The molecule has 0 N–H and O–H groups in total. The lowest BCUT2D eigenvalue weighted by Gasteiger charge is -2.25. The third-order valence-corrected chi connectivity index (χ3v) is 3.32. The number of amides is 2. The molecule has 0 radical (unpaired) electrons. The molecule has 2 amide bonds. The van der Waals surface area contributed by atoms with Crippen molar-refractivity contribution in [1.29, 1.82) is 0 Å². The lowest BCUT2D eigenvalue weighted by molar-refractivity contribution is -0.124. The van der Waals surface area contributed by atoms with Gasteiger partial charge in [-0.3, -0.25) is 19.3 Å². The van der Waals surface area contributed by atoms with Gasteiger partial charge in [-0.05, 0) is 12.5 Å². The highest BCUT2D eigenvalue weighted by atomic mass is 16.2. The average Bonchev–Trinajstić information content (AvgIpc) is 2.44. The fraction of sp³-hybridized carbons (Fsp3) is 0.400. The number of imide groups is 1. The number of hydrogen-bond acceptors (Lipinski definition) is 3. The van der Waals surface area contributed by atoms with E-state index in [1.807, 2.05) is 0 Å². The first-order valence-corrected chi connectivity index (χ1v) is 6.66. The fourth-order valence-corrected chi connectivity index (χ4v) is 2.24. The number of carbonyl (C=O) groups is 3. The van der Waals surface area contributed by atoms with E-state index in [2.05, 4.69) is 6.92 Å². The highest BCUT2D eigenvalue weighted by molar-refractivity contribution is 6.49. The molecule has 1 aliphatic heterocycles. The largest absolute Gasteiger partial charge is 0.301 e. The van der Waals surface area contributed by atoms with Crippen LogP contribution in [0.1, 0.15) is 53.3 Å². The lowest BCUT2D eigenvalue weighted by atomic mass is 9.97.